The van der Waals surface area contributed by atoms with Gasteiger partial charge in [0.2, 0.25) is 0 Å². The molecule has 4 heteroatoms. The summed E-state index contributed by atoms with van der Waals surface area (Å²) >= 11 is 0. The zero-order valence-corrected chi connectivity index (χ0v) is 8.73. The minimum Gasteiger partial charge on any atom is -0.384 e. The third-order valence-corrected chi connectivity index (χ3v) is 2.69. The van der Waals surface area contributed by atoms with Crippen molar-refractivity contribution < 1.29 is 4.74 Å². The predicted octanol–water partition coefficient (Wildman–Crippen LogP) is 1.51. The van der Waals surface area contributed by atoms with E-state index in [1.165, 1.54) is 0 Å². The lowest BCUT2D eigenvalue weighted by Crippen LogP contribution is -2.26. The Morgan fingerprint density at radius 1 is 1.64 bits per heavy atom. The molecule has 14 heavy (non-hydrogen) atoms. The Hall–Kier alpha value is -1.03. The van der Waals surface area contributed by atoms with E-state index in [9.17, 15) is 0 Å². The molecule has 0 aliphatic carbocycles. The summed E-state index contributed by atoms with van der Waals surface area (Å²) in [4.78, 5) is 0. The van der Waals surface area contributed by atoms with E-state index in [2.05, 4.69) is 12.0 Å². The van der Waals surface area contributed by atoms with Crippen molar-refractivity contribution >= 4 is 5.82 Å². The van der Waals surface area contributed by atoms with Crippen molar-refractivity contribution in [3.63, 3.8) is 0 Å². The van der Waals surface area contributed by atoms with Crippen LogP contribution in [-0.2, 0) is 4.74 Å². The zero-order chi connectivity index (χ0) is 10.1. The third kappa shape index (κ3) is 1.75. The Balaban J connectivity index is 2.17. The minimum absolute atomic E-state index is 0.317. The summed E-state index contributed by atoms with van der Waals surface area (Å²) in [6.07, 6.45) is 2.33. The lowest BCUT2D eigenvalue weighted by molar-refractivity contribution is 0.00394. The molecule has 4 nitrogen and oxygen atoms in total. The first kappa shape index (κ1) is 9.52. The SMILES string of the molecule is Cc1cc(N)n(C2CCOC(C)C2)n1. The van der Waals surface area contributed by atoms with Crippen LogP contribution in [0.4, 0.5) is 5.82 Å². The Labute approximate surface area is 84.0 Å². The molecule has 1 aliphatic heterocycles. The molecule has 2 rings (SSSR count). The van der Waals surface area contributed by atoms with Crippen LogP contribution in [0, 0.1) is 6.92 Å². The molecule has 2 unspecified atom stereocenters. The molecular formula is C10H17N3O. The summed E-state index contributed by atoms with van der Waals surface area (Å²) in [7, 11) is 0. The van der Waals surface area contributed by atoms with Gasteiger partial charge in [-0.2, -0.15) is 5.10 Å². The fourth-order valence-corrected chi connectivity index (χ4v) is 2.03. The molecule has 0 aromatic carbocycles. The summed E-state index contributed by atoms with van der Waals surface area (Å²) in [5.41, 5.74) is 6.86. The van der Waals surface area contributed by atoms with E-state index >= 15 is 0 Å². The van der Waals surface area contributed by atoms with Gasteiger partial charge in [-0.25, -0.2) is 4.68 Å². The highest BCUT2D eigenvalue weighted by Gasteiger charge is 2.22. The Morgan fingerprint density at radius 3 is 3.00 bits per heavy atom. The van der Waals surface area contributed by atoms with E-state index in [1.807, 2.05) is 17.7 Å². The van der Waals surface area contributed by atoms with Gasteiger partial charge in [-0.15, -0.1) is 0 Å². The van der Waals surface area contributed by atoms with E-state index < -0.39 is 0 Å². The first-order chi connectivity index (χ1) is 6.66. The van der Waals surface area contributed by atoms with Crippen LogP contribution in [0.1, 0.15) is 31.5 Å². The topological polar surface area (TPSA) is 53.1 Å². The molecule has 78 valence electrons. The van der Waals surface area contributed by atoms with Gasteiger partial charge >= 0.3 is 0 Å². The Bertz CT molecular complexity index is 321. The molecule has 1 fully saturated rings. The summed E-state index contributed by atoms with van der Waals surface area (Å²) in [5, 5.41) is 4.40. The number of nitrogens with two attached hydrogens (primary N) is 1. The monoisotopic (exact) mass is 195 g/mol. The maximum absolute atomic E-state index is 5.88. The van der Waals surface area contributed by atoms with Gasteiger partial charge in [-0.1, -0.05) is 0 Å². The van der Waals surface area contributed by atoms with Crippen molar-refractivity contribution in [2.24, 2.45) is 0 Å². The molecule has 0 saturated carbocycles. The molecule has 1 aromatic rings. The number of aromatic nitrogens is 2. The second-order valence-electron chi connectivity index (χ2n) is 4.01. The normalized spacial score (nSPS) is 27.9. The van der Waals surface area contributed by atoms with E-state index in [0.717, 1.165) is 31.0 Å². The van der Waals surface area contributed by atoms with Crippen LogP contribution in [0.25, 0.3) is 0 Å². The zero-order valence-electron chi connectivity index (χ0n) is 8.73. The second-order valence-corrected chi connectivity index (χ2v) is 4.01. The van der Waals surface area contributed by atoms with Crippen LogP contribution in [0.5, 0.6) is 0 Å². The first-order valence-electron chi connectivity index (χ1n) is 5.10. The summed E-state index contributed by atoms with van der Waals surface area (Å²) in [6, 6.07) is 2.33. The van der Waals surface area contributed by atoms with Crippen LogP contribution in [-0.4, -0.2) is 22.5 Å². The first-order valence-corrected chi connectivity index (χ1v) is 5.10. The van der Waals surface area contributed by atoms with Crippen molar-refractivity contribution in [3.8, 4) is 0 Å². The molecule has 0 radical (unpaired) electrons. The van der Waals surface area contributed by atoms with Gasteiger partial charge < -0.3 is 10.5 Å². The number of aryl methyl sites for hydroxylation is 1. The van der Waals surface area contributed by atoms with Gasteiger partial charge in [0.15, 0.2) is 0 Å². The Kier molecular flexibility index (Phi) is 2.46. The highest BCUT2D eigenvalue weighted by molar-refractivity contribution is 5.30. The number of ether oxygens (including phenoxy) is 1. The molecule has 0 amide bonds. The summed E-state index contributed by atoms with van der Waals surface area (Å²) < 4.78 is 7.43. The van der Waals surface area contributed by atoms with Crippen molar-refractivity contribution in [2.45, 2.75) is 38.8 Å². The second kappa shape index (κ2) is 3.61. The number of nitrogens with zero attached hydrogens (tertiary/aromatic N) is 2. The average molecular weight is 195 g/mol. The van der Waals surface area contributed by atoms with Crippen molar-refractivity contribution in [2.75, 3.05) is 12.3 Å². The van der Waals surface area contributed by atoms with Crippen molar-refractivity contribution in [1.82, 2.24) is 9.78 Å². The smallest absolute Gasteiger partial charge is 0.122 e. The van der Waals surface area contributed by atoms with Gasteiger partial charge in [0.05, 0.1) is 17.8 Å². The molecule has 2 N–H and O–H groups in total. The minimum atomic E-state index is 0.317. The molecule has 2 atom stereocenters. The summed E-state index contributed by atoms with van der Waals surface area (Å²) in [5.74, 6) is 0.765. The number of hydrogen-bond donors (Lipinski definition) is 1. The fraction of sp³-hybridized carbons (Fsp3) is 0.700. The number of anilines is 1. The highest BCUT2D eigenvalue weighted by atomic mass is 16.5. The van der Waals surface area contributed by atoms with Gasteiger partial charge in [0.25, 0.3) is 0 Å². The lowest BCUT2D eigenvalue weighted by Gasteiger charge is -2.28. The molecule has 0 bridgehead atoms. The van der Waals surface area contributed by atoms with E-state index in [1.54, 1.807) is 0 Å². The largest absolute Gasteiger partial charge is 0.384 e. The van der Waals surface area contributed by atoms with E-state index in [0.29, 0.717) is 12.1 Å². The van der Waals surface area contributed by atoms with E-state index in [4.69, 9.17) is 10.5 Å². The van der Waals surface area contributed by atoms with Crippen LogP contribution in [0.2, 0.25) is 0 Å². The van der Waals surface area contributed by atoms with Gasteiger partial charge in [-0.05, 0) is 26.7 Å². The standard InChI is InChI=1S/C10H17N3O/c1-7-5-10(11)13(12-7)9-3-4-14-8(2)6-9/h5,8-9H,3-4,6,11H2,1-2H3. The van der Waals surface area contributed by atoms with Gasteiger partial charge in [-0.3, -0.25) is 0 Å². The van der Waals surface area contributed by atoms with Crippen LogP contribution in [0.3, 0.4) is 0 Å². The molecular weight excluding hydrogens is 178 g/mol. The molecule has 1 aromatic heterocycles. The van der Waals surface area contributed by atoms with E-state index in [-0.39, 0.29) is 0 Å². The molecule has 2 heterocycles. The molecule has 1 aliphatic rings. The van der Waals surface area contributed by atoms with Crippen LogP contribution in [0.15, 0.2) is 6.07 Å². The Morgan fingerprint density at radius 2 is 2.43 bits per heavy atom. The van der Waals surface area contributed by atoms with Crippen molar-refractivity contribution in [3.05, 3.63) is 11.8 Å². The predicted molar refractivity (Wildman–Crippen MR) is 55.1 cm³/mol. The quantitative estimate of drug-likeness (QED) is 0.739. The highest BCUT2D eigenvalue weighted by Crippen LogP contribution is 2.26. The lowest BCUT2D eigenvalue weighted by atomic mass is 10.0. The van der Waals surface area contributed by atoms with Crippen LogP contribution >= 0.6 is 0 Å². The number of nitrogen functional groups attached to an aromatic ring is 1. The van der Waals surface area contributed by atoms with Crippen molar-refractivity contribution in [1.29, 1.82) is 0 Å². The van der Waals surface area contributed by atoms with Crippen LogP contribution < -0.4 is 5.73 Å². The molecule has 1 saturated heterocycles. The third-order valence-electron chi connectivity index (χ3n) is 2.69. The maximum atomic E-state index is 5.88. The van der Waals surface area contributed by atoms with Gasteiger partial charge in [0, 0.05) is 12.7 Å². The van der Waals surface area contributed by atoms with Gasteiger partial charge in [0.1, 0.15) is 5.82 Å². The fourth-order valence-electron chi connectivity index (χ4n) is 2.03. The average Bonchev–Trinajstić information content (AvgIpc) is 2.45. The molecule has 0 spiro atoms. The number of rotatable bonds is 1. The number of hydrogen-bond acceptors (Lipinski definition) is 3. The summed E-state index contributed by atoms with van der Waals surface area (Å²) in [6.45, 7) is 4.87. The maximum Gasteiger partial charge on any atom is 0.122 e.